The lowest BCUT2D eigenvalue weighted by Crippen LogP contribution is -2.40. The molecule has 4 heterocycles. The molecule has 10 nitrogen and oxygen atoms in total. The lowest BCUT2D eigenvalue weighted by atomic mass is 9.84. The molecule has 0 atom stereocenters. The van der Waals surface area contributed by atoms with Crippen LogP contribution in [0.25, 0.3) is 16.9 Å². The number of nitrogens with zero attached hydrogens (tertiary/aromatic N) is 6. The first-order valence-electron chi connectivity index (χ1n) is 14.5. The van der Waals surface area contributed by atoms with E-state index in [2.05, 4.69) is 9.88 Å². The van der Waals surface area contributed by atoms with Gasteiger partial charge in [-0.25, -0.2) is 13.8 Å². The molecule has 1 aliphatic carbocycles. The van der Waals surface area contributed by atoms with Gasteiger partial charge in [-0.15, -0.1) is 0 Å². The van der Waals surface area contributed by atoms with Crippen LogP contribution in [0.1, 0.15) is 44.4 Å². The van der Waals surface area contributed by atoms with Gasteiger partial charge in [-0.05, 0) is 43.7 Å². The van der Waals surface area contributed by atoms with Gasteiger partial charge in [0.2, 0.25) is 11.8 Å². The van der Waals surface area contributed by atoms with Crippen molar-refractivity contribution >= 4 is 22.8 Å². The molecule has 0 amide bonds. The van der Waals surface area contributed by atoms with Gasteiger partial charge < -0.3 is 19.1 Å². The van der Waals surface area contributed by atoms with Crippen molar-refractivity contribution in [2.45, 2.75) is 44.6 Å². The Morgan fingerprint density at radius 2 is 1.66 bits per heavy atom. The summed E-state index contributed by atoms with van der Waals surface area (Å²) in [6.07, 6.45) is 1.14. The summed E-state index contributed by atoms with van der Waals surface area (Å²) in [5.41, 5.74) is 1.01. The third-order valence-electron chi connectivity index (χ3n) is 8.08. The van der Waals surface area contributed by atoms with Gasteiger partial charge in [0.15, 0.2) is 5.82 Å². The van der Waals surface area contributed by atoms with Crippen LogP contribution in [0.5, 0.6) is 5.88 Å². The Kier molecular flexibility index (Phi) is 8.68. The number of fused-ring (bicyclic) bond motifs is 1. The van der Waals surface area contributed by atoms with E-state index >= 15 is 0 Å². The molecule has 41 heavy (non-hydrogen) atoms. The molecule has 2 aromatic heterocycles. The Morgan fingerprint density at radius 1 is 0.951 bits per heavy atom. The van der Waals surface area contributed by atoms with Gasteiger partial charge in [0.05, 0.1) is 44.0 Å². The Morgan fingerprint density at radius 3 is 2.39 bits per heavy atom. The number of carbonyl (C=O) groups is 1. The second-order valence-electron chi connectivity index (χ2n) is 11.0. The van der Waals surface area contributed by atoms with Crippen LogP contribution < -0.4 is 9.64 Å². The van der Waals surface area contributed by atoms with Crippen LogP contribution in [0, 0.1) is 5.92 Å². The van der Waals surface area contributed by atoms with E-state index in [1.807, 2.05) is 4.90 Å². The molecule has 3 aliphatic rings. The van der Waals surface area contributed by atoms with Crippen molar-refractivity contribution in [1.29, 1.82) is 0 Å². The van der Waals surface area contributed by atoms with E-state index in [1.165, 1.54) is 4.57 Å². The fourth-order valence-electron chi connectivity index (χ4n) is 5.93. The molecule has 220 valence electrons. The Labute approximate surface area is 237 Å². The number of aromatic nitrogens is 4. The number of alkyl halides is 2. The first kappa shape index (κ1) is 27.9. The van der Waals surface area contributed by atoms with E-state index in [1.54, 1.807) is 30.3 Å². The number of ether oxygens (including phenoxy) is 3. The summed E-state index contributed by atoms with van der Waals surface area (Å²) in [4.78, 5) is 30.4. The molecule has 12 heteroatoms. The van der Waals surface area contributed by atoms with Crippen LogP contribution in [0.3, 0.4) is 0 Å². The van der Waals surface area contributed by atoms with Crippen LogP contribution >= 0.6 is 0 Å². The normalized spacial score (nSPS) is 22.4. The highest BCUT2D eigenvalue weighted by Gasteiger charge is 2.28. The summed E-state index contributed by atoms with van der Waals surface area (Å²) in [5.74, 6) is 1.32. The largest absolute Gasteiger partial charge is 0.474 e. The number of hydrogen-bond donors (Lipinski definition) is 0. The van der Waals surface area contributed by atoms with Gasteiger partial charge in [0.25, 0.3) is 6.43 Å². The highest BCUT2D eigenvalue weighted by atomic mass is 19.3. The van der Waals surface area contributed by atoms with Gasteiger partial charge in [-0.1, -0.05) is 12.1 Å². The molecule has 0 unspecified atom stereocenters. The van der Waals surface area contributed by atoms with Crippen molar-refractivity contribution < 1.29 is 27.8 Å². The predicted molar refractivity (Wildman–Crippen MR) is 148 cm³/mol. The number of para-hydroxylation sites is 2. The molecule has 1 aromatic carbocycles. The molecular formula is C29H36F2N6O4. The fraction of sp³-hybridized carbons (Fsp3) is 0.586. The number of morpholine rings is 2. The van der Waals surface area contributed by atoms with Crippen LogP contribution in [0.2, 0.25) is 0 Å². The topological polar surface area (TPSA) is 94.8 Å². The number of carbonyl (C=O) groups excluding carboxylic acids is 1. The molecule has 0 bridgehead atoms. The minimum atomic E-state index is -2.78. The van der Waals surface area contributed by atoms with Crippen molar-refractivity contribution in [2.24, 2.45) is 5.92 Å². The van der Waals surface area contributed by atoms with Crippen LogP contribution in [-0.2, 0) is 14.3 Å². The molecule has 0 spiro atoms. The van der Waals surface area contributed by atoms with E-state index in [4.69, 9.17) is 24.2 Å². The number of Topliss-reactive ketones (excluding diaryl/α,β-unsaturated/α-hetero) is 1. The first-order valence-corrected chi connectivity index (χ1v) is 14.5. The first-order chi connectivity index (χ1) is 20.0. The maximum atomic E-state index is 14.1. The molecule has 0 N–H and O–H groups in total. The van der Waals surface area contributed by atoms with Crippen LogP contribution in [-0.4, -0.2) is 95.5 Å². The third kappa shape index (κ3) is 6.65. The predicted octanol–water partition coefficient (Wildman–Crippen LogP) is 3.82. The molecule has 3 aromatic rings. The van der Waals surface area contributed by atoms with Crippen molar-refractivity contribution in [2.75, 3.05) is 64.1 Å². The Bertz CT molecular complexity index is 1330. The standard InChI is InChI=1S/C29H36F2N6O4/c30-27(31)28-32-23-3-1-2-4-24(23)37(28)25-18-26(34-29(33-25)36-11-15-40-16-12-36)41-22-7-5-20(6-8-22)17-21(38)19-35-9-13-39-14-10-35/h1-4,18,20,22,27H,5-17,19H2. The zero-order valence-electron chi connectivity index (χ0n) is 23.1. The zero-order chi connectivity index (χ0) is 28.2. The Hall–Kier alpha value is -3.22. The minimum absolute atomic E-state index is 0.0741. The number of imidazole rings is 1. The summed E-state index contributed by atoms with van der Waals surface area (Å²) in [6, 6.07) is 8.66. The summed E-state index contributed by atoms with van der Waals surface area (Å²) in [6.45, 7) is 5.76. The SMILES string of the molecule is O=C(CC1CCC(Oc2cc(-n3c(C(F)F)nc4ccccc43)nc(N3CCOCC3)n2)CC1)CN1CCOCC1. The average Bonchev–Trinajstić information content (AvgIpc) is 3.39. The molecule has 2 saturated heterocycles. The molecule has 0 radical (unpaired) electrons. The van der Waals surface area contributed by atoms with E-state index in [9.17, 15) is 13.6 Å². The maximum Gasteiger partial charge on any atom is 0.296 e. The number of benzene rings is 1. The van der Waals surface area contributed by atoms with E-state index < -0.39 is 6.43 Å². The van der Waals surface area contributed by atoms with Crippen molar-refractivity contribution in [3.63, 3.8) is 0 Å². The van der Waals surface area contributed by atoms with Gasteiger partial charge in [0.1, 0.15) is 17.7 Å². The highest BCUT2D eigenvalue weighted by Crippen LogP contribution is 2.32. The fourth-order valence-corrected chi connectivity index (χ4v) is 5.93. The van der Waals surface area contributed by atoms with Crippen molar-refractivity contribution in [3.05, 3.63) is 36.2 Å². The number of halogens is 2. The monoisotopic (exact) mass is 570 g/mol. The molecule has 2 aliphatic heterocycles. The zero-order valence-corrected chi connectivity index (χ0v) is 23.1. The lowest BCUT2D eigenvalue weighted by molar-refractivity contribution is -0.122. The van der Waals surface area contributed by atoms with Gasteiger partial charge in [-0.3, -0.25) is 14.3 Å². The van der Waals surface area contributed by atoms with Crippen molar-refractivity contribution in [1.82, 2.24) is 24.4 Å². The minimum Gasteiger partial charge on any atom is -0.474 e. The summed E-state index contributed by atoms with van der Waals surface area (Å²) < 4.78 is 46.9. The van der Waals surface area contributed by atoms with Gasteiger partial charge >= 0.3 is 0 Å². The molecule has 1 saturated carbocycles. The van der Waals surface area contributed by atoms with E-state index in [0.29, 0.717) is 87.1 Å². The quantitative estimate of drug-likeness (QED) is 0.381. The van der Waals surface area contributed by atoms with E-state index in [-0.39, 0.29) is 17.7 Å². The number of rotatable bonds is 9. The van der Waals surface area contributed by atoms with Gasteiger partial charge in [-0.2, -0.15) is 9.97 Å². The summed E-state index contributed by atoms with van der Waals surface area (Å²) in [7, 11) is 0. The second kappa shape index (κ2) is 12.7. The highest BCUT2D eigenvalue weighted by molar-refractivity contribution is 5.80. The third-order valence-corrected chi connectivity index (χ3v) is 8.08. The maximum absolute atomic E-state index is 14.1. The lowest BCUT2D eigenvalue weighted by Gasteiger charge is -2.30. The second-order valence-corrected chi connectivity index (χ2v) is 11.0. The molecule has 3 fully saturated rings. The number of ketones is 1. The number of hydrogen-bond acceptors (Lipinski definition) is 9. The van der Waals surface area contributed by atoms with Crippen molar-refractivity contribution in [3.8, 4) is 11.7 Å². The molecule has 6 rings (SSSR count). The Balaban J connectivity index is 1.18. The summed E-state index contributed by atoms with van der Waals surface area (Å²) in [5, 5.41) is 0. The summed E-state index contributed by atoms with van der Waals surface area (Å²) >= 11 is 0. The van der Waals surface area contributed by atoms with Crippen LogP contribution in [0.4, 0.5) is 14.7 Å². The van der Waals surface area contributed by atoms with E-state index in [0.717, 1.165) is 38.8 Å². The number of anilines is 1. The smallest absolute Gasteiger partial charge is 0.296 e. The average molecular weight is 571 g/mol. The molecular weight excluding hydrogens is 534 g/mol. The van der Waals surface area contributed by atoms with Gasteiger partial charge in [0, 0.05) is 38.7 Å². The van der Waals surface area contributed by atoms with Crippen LogP contribution in [0.15, 0.2) is 30.3 Å².